The molecule has 1 saturated carbocycles. The van der Waals surface area contributed by atoms with Crippen LogP contribution in [0.5, 0.6) is 11.5 Å². The van der Waals surface area contributed by atoms with Gasteiger partial charge in [-0.05, 0) is 94.5 Å². The van der Waals surface area contributed by atoms with Crippen LogP contribution in [0, 0.1) is 11.8 Å². The van der Waals surface area contributed by atoms with E-state index in [0.29, 0.717) is 23.9 Å². The number of aliphatic hydroxyl groups is 2. The summed E-state index contributed by atoms with van der Waals surface area (Å²) in [6, 6.07) is 4.76. The zero-order valence-electron chi connectivity index (χ0n) is 26.3. The average molecular weight is 849 g/mol. The van der Waals surface area contributed by atoms with Crippen molar-refractivity contribution in [3.05, 3.63) is 66.6 Å². The maximum absolute atomic E-state index is 13.0. The molecule has 10 rings (SSSR count). The van der Waals surface area contributed by atoms with Crippen molar-refractivity contribution in [2.75, 3.05) is 27.2 Å². The number of likely N-dealkylation sites (tertiary alicyclic amines) is 2. The highest BCUT2D eigenvalue weighted by Gasteiger charge is 2.68. The maximum atomic E-state index is 13.0. The summed E-state index contributed by atoms with van der Waals surface area (Å²) >= 11 is 11.0. The molecule has 2 saturated heterocycles. The summed E-state index contributed by atoms with van der Waals surface area (Å²) in [7, 11) is 4.37. The average Bonchev–Trinajstić information content (AvgIpc) is 3.59. The molecule has 11 heteroatoms. The molecule has 256 valence electrons. The van der Waals surface area contributed by atoms with Crippen LogP contribution in [0.2, 0.25) is 0 Å². The van der Waals surface area contributed by atoms with Crippen LogP contribution >= 0.6 is 47.8 Å². The van der Waals surface area contributed by atoms with E-state index < -0.39 is 12.2 Å². The van der Waals surface area contributed by atoms with Crippen LogP contribution in [0.3, 0.4) is 0 Å². The zero-order valence-corrected chi connectivity index (χ0v) is 31.0. The van der Waals surface area contributed by atoms with Crippen molar-refractivity contribution in [1.29, 1.82) is 0 Å². The van der Waals surface area contributed by atoms with Gasteiger partial charge in [0.05, 0.1) is 23.5 Å². The number of carbonyl (C=O) groups is 2. The number of aliphatic hydroxyl groups excluding tert-OH is 2. The topological polar surface area (TPSA) is 99.5 Å². The first-order valence-electron chi connectivity index (χ1n) is 16.6. The molecule has 8 aliphatic rings. The van der Waals surface area contributed by atoms with Crippen molar-refractivity contribution in [2.45, 2.75) is 92.7 Å². The number of likely N-dealkylation sites (N-methyl/N-ethyl adjacent to an activating group) is 2. The molecule has 8 nitrogen and oxygen atoms in total. The summed E-state index contributed by atoms with van der Waals surface area (Å²) in [6.45, 7) is 1.83. The standard InChI is InChI=1S/C18H19Br2NO3.C18H18BrNO3.CH4/c1-21-3-2-18-10-6-12(20)15(23)17(18)24-16-8(7-22)4-11(19)9(14(16)18)5-13(10)21;1-20-5-4-18-11-2-3-14(22)17(18)23-16-9(8-21)6-12(19)10(15(16)18)7-13(11)20;/h4,10,12-13,17,22H,2-3,5-7H2,1H3;2-3,6,11,13,17,21H,4-5,7-8H2,1H3;1H4/t10?,12?,13?,17-,18-;11?,13?,17-,18-;/m11./s1. The lowest BCUT2D eigenvalue weighted by Crippen LogP contribution is -2.67. The van der Waals surface area contributed by atoms with Crippen LogP contribution in [0.1, 0.15) is 60.1 Å². The van der Waals surface area contributed by atoms with Gasteiger partial charge in [-0.25, -0.2) is 0 Å². The quantitative estimate of drug-likeness (QED) is 0.402. The number of ketones is 2. The summed E-state index contributed by atoms with van der Waals surface area (Å²) in [6.07, 6.45) is 7.65. The molecular formula is C37H41Br3N2O6. The Balaban J connectivity index is 0.000000137. The summed E-state index contributed by atoms with van der Waals surface area (Å²) in [5.74, 6) is 2.49. The van der Waals surface area contributed by atoms with Gasteiger partial charge in [0.15, 0.2) is 23.8 Å². The van der Waals surface area contributed by atoms with E-state index in [1.807, 2.05) is 12.1 Å². The van der Waals surface area contributed by atoms with E-state index in [1.54, 1.807) is 6.08 Å². The van der Waals surface area contributed by atoms with Gasteiger partial charge in [-0.2, -0.15) is 0 Å². The molecule has 2 N–H and O–H groups in total. The van der Waals surface area contributed by atoms with E-state index in [1.165, 1.54) is 22.3 Å². The first-order chi connectivity index (χ1) is 22.6. The van der Waals surface area contributed by atoms with Crippen LogP contribution < -0.4 is 9.47 Å². The second-order valence-corrected chi connectivity index (χ2v) is 17.6. The molecule has 0 aromatic heterocycles. The molecule has 4 aliphatic heterocycles. The lowest BCUT2D eigenvalue weighted by Gasteiger charge is -2.57. The summed E-state index contributed by atoms with van der Waals surface area (Å²) in [5.41, 5.74) is 6.05. The SMILES string of the molecule is C.CN1CC[C@@]23c4c5c(Br)cc(CO)c4O[C@@H]2C(=O)C(Br)CC3C1C5.CN1CC[C@@]23c4c5c(Br)cc(CO)c4O[C@@H]2C(=O)C=CC3C1C5. The van der Waals surface area contributed by atoms with Crippen molar-refractivity contribution in [2.24, 2.45) is 11.8 Å². The molecule has 3 fully saturated rings. The Morgan fingerprint density at radius 3 is 2.02 bits per heavy atom. The first kappa shape index (κ1) is 33.5. The fourth-order valence-electron chi connectivity index (χ4n) is 11.0. The summed E-state index contributed by atoms with van der Waals surface area (Å²) in [4.78, 5) is 30.3. The molecule has 2 aromatic rings. The van der Waals surface area contributed by atoms with E-state index >= 15 is 0 Å². The number of hydrogen-bond acceptors (Lipinski definition) is 8. The highest BCUT2D eigenvalue weighted by molar-refractivity contribution is 9.11. The van der Waals surface area contributed by atoms with Crippen LogP contribution in [-0.2, 0) is 46.5 Å². The fourth-order valence-corrected chi connectivity index (χ4v) is 12.9. The third-order valence-corrected chi connectivity index (χ3v) is 15.3. The van der Waals surface area contributed by atoms with Crippen molar-refractivity contribution in [3.63, 3.8) is 0 Å². The summed E-state index contributed by atoms with van der Waals surface area (Å²) < 4.78 is 14.6. The van der Waals surface area contributed by atoms with Crippen molar-refractivity contribution < 1.29 is 29.3 Å². The molecule has 48 heavy (non-hydrogen) atoms. The Kier molecular flexibility index (Phi) is 8.00. The predicted molar refractivity (Wildman–Crippen MR) is 192 cm³/mol. The Hall–Kier alpha value is -1.60. The van der Waals surface area contributed by atoms with Gasteiger partial charge in [-0.1, -0.05) is 61.3 Å². The highest BCUT2D eigenvalue weighted by atomic mass is 79.9. The largest absolute Gasteiger partial charge is 0.481 e. The van der Waals surface area contributed by atoms with Crippen molar-refractivity contribution in [3.8, 4) is 11.5 Å². The van der Waals surface area contributed by atoms with Gasteiger partial charge in [0.2, 0.25) is 0 Å². The molecule has 0 amide bonds. The minimum Gasteiger partial charge on any atom is -0.481 e. The van der Waals surface area contributed by atoms with Crippen LogP contribution in [0.25, 0.3) is 0 Å². The second kappa shape index (κ2) is 11.5. The smallest absolute Gasteiger partial charge is 0.196 e. The van der Waals surface area contributed by atoms with Crippen molar-refractivity contribution >= 4 is 59.4 Å². The Morgan fingerprint density at radius 1 is 0.854 bits per heavy atom. The van der Waals surface area contributed by atoms with Gasteiger partial charge in [0.25, 0.3) is 0 Å². The number of rotatable bonds is 2. The van der Waals surface area contributed by atoms with Gasteiger partial charge >= 0.3 is 0 Å². The lowest BCUT2D eigenvalue weighted by molar-refractivity contribution is -0.137. The molecular weight excluding hydrogens is 808 g/mol. The van der Waals surface area contributed by atoms with Crippen LogP contribution in [0.4, 0.5) is 0 Å². The minimum absolute atomic E-state index is 0. The minimum atomic E-state index is -0.428. The molecule has 9 atom stereocenters. The number of ether oxygens (including phenoxy) is 2. The number of piperidine rings is 2. The number of alkyl halides is 1. The number of Topliss-reactive ketones (excluding diaryl/α,β-unsaturated/α-hetero) is 1. The number of nitrogens with zero attached hydrogens (tertiary/aromatic N) is 2. The summed E-state index contributed by atoms with van der Waals surface area (Å²) in [5, 5.41) is 19.6. The lowest BCUT2D eigenvalue weighted by atomic mass is 9.51. The monoisotopic (exact) mass is 846 g/mol. The molecule has 0 radical (unpaired) electrons. The van der Waals surface area contributed by atoms with Gasteiger partial charge in [-0.15, -0.1) is 0 Å². The van der Waals surface area contributed by atoms with Gasteiger partial charge < -0.3 is 29.5 Å². The first-order valence-corrected chi connectivity index (χ1v) is 19.1. The molecule has 4 heterocycles. The number of carbonyl (C=O) groups excluding carboxylic acids is 2. The highest BCUT2D eigenvalue weighted by Crippen LogP contribution is 2.64. The van der Waals surface area contributed by atoms with E-state index in [-0.39, 0.29) is 47.9 Å². The third-order valence-electron chi connectivity index (χ3n) is 13.1. The number of benzene rings is 2. The Labute approximate surface area is 306 Å². The van der Waals surface area contributed by atoms with E-state index in [2.05, 4.69) is 77.8 Å². The van der Waals surface area contributed by atoms with Gasteiger partial charge in [0.1, 0.15) is 11.5 Å². The molecule has 2 aromatic carbocycles. The fraction of sp³-hybridized carbons (Fsp3) is 0.568. The van der Waals surface area contributed by atoms with Gasteiger partial charge in [-0.3, -0.25) is 9.59 Å². The van der Waals surface area contributed by atoms with Crippen LogP contribution in [0.15, 0.2) is 33.2 Å². The Morgan fingerprint density at radius 2 is 1.40 bits per heavy atom. The Bertz CT molecular complexity index is 1800. The maximum Gasteiger partial charge on any atom is 0.196 e. The van der Waals surface area contributed by atoms with E-state index in [9.17, 15) is 19.8 Å². The zero-order chi connectivity index (χ0) is 32.7. The molecule has 2 spiro atoms. The van der Waals surface area contributed by atoms with Crippen molar-refractivity contribution in [1.82, 2.24) is 9.80 Å². The third kappa shape index (κ3) is 4.07. The normalized spacial score (nSPS) is 37.4. The van der Waals surface area contributed by atoms with E-state index in [0.717, 1.165) is 76.8 Å². The molecule has 4 aliphatic carbocycles. The number of hydrogen-bond donors (Lipinski definition) is 2. The predicted octanol–water partition coefficient (Wildman–Crippen LogP) is 5.14. The number of halogens is 3. The second-order valence-electron chi connectivity index (χ2n) is 14.8. The van der Waals surface area contributed by atoms with E-state index in [4.69, 9.17) is 9.47 Å². The van der Waals surface area contributed by atoms with Crippen LogP contribution in [-0.4, -0.2) is 87.9 Å². The van der Waals surface area contributed by atoms with Gasteiger partial charge in [0, 0.05) is 54.6 Å². The molecule has 4 bridgehead atoms. The molecule has 5 unspecified atom stereocenters.